The number of carbonyl (C=O) groups is 2. The Hall–Kier alpha value is -8.00. The molecule has 2 aliphatic heterocycles. The Morgan fingerprint density at radius 1 is 0.658 bits per heavy atom. The number of carboxylic acids is 1. The van der Waals surface area contributed by atoms with Crippen LogP contribution in [0.3, 0.4) is 0 Å². The van der Waals surface area contributed by atoms with Crippen LogP contribution in [0.25, 0.3) is 44.1 Å². The highest BCUT2D eigenvalue weighted by molar-refractivity contribution is 5.99. The Kier molecular flexibility index (Phi) is 15.9. The number of aromatic nitrogens is 6. The molecule has 2 saturated heterocycles. The van der Waals surface area contributed by atoms with E-state index in [2.05, 4.69) is 25.6 Å². The number of aromatic carboxylic acids is 1. The lowest BCUT2D eigenvalue weighted by molar-refractivity contribution is 0.0544. The molecule has 6 aromatic heterocycles. The second-order valence-corrected chi connectivity index (χ2v) is 18.0. The van der Waals surface area contributed by atoms with E-state index in [9.17, 15) is 29.4 Å². The minimum absolute atomic E-state index is 0.0266. The number of carbonyl (C=O) groups excluding carboxylic acids is 1. The summed E-state index contributed by atoms with van der Waals surface area (Å²) < 4.78 is 25.0. The Morgan fingerprint density at radius 2 is 1.11 bits per heavy atom. The molecule has 0 spiro atoms. The average molecular weight is 995 g/mol. The summed E-state index contributed by atoms with van der Waals surface area (Å²) in [5, 5.41) is 40.8. The van der Waals surface area contributed by atoms with Gasteiger partial charge < -0.3 is 53.2 Å². The Balaban J connectivity index is 0.000000174. The van der Waals surface area contributed by atoms with Crippen LogP contribution in [0.1, 0.15) is 80.7 Å². The van der Waals surface area contributed by atoms with Crippen LogP contribution in [0.2, 0.25) is 0 Å². The fourth-order valence-electron chi connectivity index (χ4n) is 9.25. The van der Waals surface area contributed by atoms with Crippen molar-refractivity contribution in [1.82, 2.24) is 39.6 Å². The molecule has 0 bridgehead atoms. The molecule has 2 aromatic carbocycles. The highest BCUT2D eigenvalue weighted by Crippen LogP contribution is 2.39. The largest absolute Gasteiger partial charge is 0.496 e. The zero-order chi connectivity index (χ0) is 51.9. The Bertz CT molecular complexity index is 3350. The summed E-state index contributed by atoms with van der Waals surface area (Å²) in [6.07, 6.45) is 5.70. The number of nitrogens with one attached hydrogen (secondary N) is 1. The second kappa shape index (κ2) is 22.6. The fraction of sp³-hybridized carbons (Fsp3) is 0.333. The van der Waals surface area contributed by atoms with E-state index in [1.54, 1.807) is 66.2 Å². The lowest BCUT2D eigenvalue weighted by atomic mass is 9.99. The number of piperidine rings is 2. The van der Waals surface area contributed by atoms with Crippen LogP contribution < -0.4 is 25.9 Å². The normalized spacial score (nSPS) is 14.1. The summed E-state index contributed by atoms with van der Waals surface area (Å²) in [6, 6.07) is 21.2. The number of fused-ring (bicyclic) bond motifs is 2. The monoisotopic (exact) mass is 994 g/mol. The molecule has 1 amide bonds. The number of aliphatic hydroxyl groups excluding tert-OH is 2. The number of amides is 1. The van der Waals surface area contributed by atoms with Gasteiger partial charge in [-0.15, -0.1) is 0 Å². The van der Waals surface area contributed by atoms with Crippen molar-refractivity contribution in [2.24, 2.45) is 0 Å². The molecule has 19 nitrogen and oxygen atoms in total. The summed E-state index contributed by atoms with van der Waals surface area (Å²) in [5.41, 5.74) is 5.75. The quantitative estimate of drug-likeness (QED) is 0.114. The van der Waals surface area contributed by atoms with Gasteiger partial charge in [-0.2, -0.15) is 0 Å². The third-order valence-corrected chi connectivity index (χ3v) is 13.0. The maximum atomic E-state index is 13.7. The summed E-state index contributed by atoms with van der Waals surface area (Å²) in [7, 11) is 3.11. The number of likely N-dealkylation sites (tertiary alicyclic amines) is 1. The van der Waals surface area contributed by atoms with Crippen LogP contribution in [-0.4, -0.2) is 114 Å². The lowest BCUT2D eigenvalue weighted by Gasteiger charge is -2.29. The molecule has 19 heteroatoms. The number of pyridine rings is 4. The van der Waals surface area contributed by atoms with Gasteiger partial charge in [0.25, 0.3) is 17.0 Å². The number of methoxy groups -OCH3 is 2. The van der Waals surface area contributed by atoms with Crippen molar-refractivity contribution in [2.45, 2.75) is 78.7 Å². The zero-order valence-electron chi connectivity index (χ0n) is 41.5. The maximum Gasteiger partial charge on any atom is 0.341 e. The molecular weight excluding hydrogens is 937 g/mol. The Labute approximate surface area is 419 Å². The first-order valence-corrected chi connectivity index (χ1v) is 23.9. The first-order chi connectivity index (χ1) is 35.2. The molecule has 0 unspecified atom stereocenters. The predicted molar refractivity (Wildman–Crippen MR) is 272 cm³/mol. The van der Waals surface area contributed by atoms with E-state index in [0.717, 1.165) is 48.3 Å². The van der Waals surface area contributed by atoms with Gasteiger partial charge in [0.15, 0.2) is 0 Å². The van der Waals surface area contributed by atoms with Gasteiger partial charge in [-0.25, -0.2) is 4.79 Å². The Morgan fingerprint density at radius 3 is 1.49 bits per heavy atom. The van der Waals surface area contributed by atoms with Gasteiger partial charge in [0.2, 0.25) is 0 Å². The molecule has 10 rings (SSSR count). The first kappa shape index (κ1) is 51.4. The van der Waals surface area contributed by atoms with Crippen LogP contribution in [0.5, 0.6) is 11.5 Å². The molecule has 4 N–H and O–H groups in total. The molecule has 0 atom stereocenters. The van der Waals surface area contributed by atoms with Crippen molar-refractivity contribution in [3.63, 3.8) is 0 Å². The van der Waals surface area contributed by atoms with Crippen LogP contribution in [0.15, 0.2) is 104 Å². The number of ether oxygens (including phenoxy) is 2. The number of carboxylic acid groups (broad SMARTS) is 1. The van der Waals surface area contributed by atoms with Crippen LogP contribution in [-0.2, 0) is 13.1 Å². The molecule has 0 aliphatic carbocycles. The summed E-state index contributed by atoms with van der Waals surface area (Å²) in [5.74, 6) is 0.731. The van der Waals surface area contributed by atoms with E-state index < -0.39 is 23.2 Å². The highest BCUT2D eigenvalue weighted by atomic mass is 16.5. The number of aliphatic hydroxyl groups is 2. The van der Waals surface area contributed by atoms with Gasteiger partial charge in [0.05, 0.1) is 84.5 Å². The molecule has 0 saturated carbocycles. The van der Waals surface area contributed by atoms with Gasteiger partial charge in [-0.3, -0.25) is 24.4 Å². The molecular formula is C54H58N8O11. The van der Waals surface area contributed by atoms with Gasteiger partial charge >= 0.3 is 5.97 Å². The topological polar surface area (TPSA) is 250 Å². The van der Waals surface area contributed by atoms with Crippen molar-refractivity contribution in [3.8, 4) is 33.8 Å². The van der Waals surface area contributed by atoms with Gasteiger partial charge in [-0.1, -0.05) is 22.4 Å². The van der Waals surface area contributed by atoms with Gasteiger partial charge in [-0.05, 0) is 115 Å². The van der Waals surface area contributed by atoms with E-state index in [1.807, 2.05) is 57.2 Å². The third kappa shape index (κ3) is 11.2. The number of hydrogen-bond donors (Lipinski definition) is 4. The van der Waals surface area contributed by atoms with Gasteiger partial charge in [0.1, 0.15) is 34.1 Å². The standard InChI is InChI=1S/C27H28N4O5.C22H19N3O5.C5H11NO/c1-16-25(17(2)36-29-16)21-12-18-13-22(26(33)30-10-7-20(32)8-11-30)27(34)31(23(18)14-24(21)35-3)15-19-6-4-5-9-28-19;1-12-20(13(2)30-24-12)16-8-14-9-17(22(27)28)21(26)25(18(14)10-19(16)29-3)11-15-6-4-5-7-23-15;7-5-1-3-6-4-2-5/h4-6,9,12-14,20,32H,7-8,10-11,15H2,1-3H3;4-10H,11H2,1-3H3,(H,27,28);5-7H,1-4H2. The van der Waals surface area contributed by atoms with Gasteiger partial charge in [0, 0.05) is 59.5 Å². The van der Waals surface area contributed by atoms with E-state index >= 15 is 0 Å². The zero-order valence-corrected chi connectivity index (χ0v) is 41.5. The number of aryl methyl sites for hydroxylation is 4. The minimum atomic E-state index is -1.29. The minimum Gasteiger partial charge on any atom is -0.496 e. The molecule has 8 heterocycles. The van der Waals surface area contributed by atoms with Crippen molar-refractivity contribution < 1.29 is 43.4 Å². The highest BCUT2D eigenvalue weighted by Gasteiger charge is 2.27. The van der Waals surface area contributed by atoms with Crippen molar-refractivity contribution in [2.75, 3.05) is 40.4 Å². The number of hydrogen-bond acceptors (Lipinski definition) is 15. The fourth-order valence-corrected chi connectivity index (χ4v) is 9.25. The summed E-state index contributed by atoms with van der Waals surface area (Å²) in [4.78, 5) is 62.2. The van der Waals surface area contributed by atoms with Crippen LogP contribution >= 0.6 is 0 Å². The van der Waals surface area contributed by atoms with Crippen LogP contribution in [0, 0.1) is 27.7 Å². The number of benzene rings is 2. The summed E-state index contributed by atoms with van der Waals surface area (Å²) >= 11 is 0. The molecule has 73 heavy (non-hydrogen) atoms. The lowest BCUT2D eigenvalue weighted by Crippen LogP contribution is -2.42. The predicted octanol–water partition coefficient (Wildman–Crippen LogP) is 6.48. The van der Waals surface area contributed by atoms with E-state index in [0.29, 0.717) is 93.4 Å². The smallest absolute Gasteiger partial charge is 0.341 e. The van der Waals surface area contributed by atoms with E-state index in [4.69, 9.17) is 23.6 Å². The molecule has 2 aliphatic rings. The molecule has 0 radical (unpaired) electrons. The van der Waals surface area contributed by atoms with E-state index in [-0.39, 0.29) is 36.2 Å². The number of rotatable bonds is 10. The summed E-state index contributed by atoms with van der Waals surface area (Å²) in [6.45, 7) is 10.4. The second-order valence-electron chi connectivity index (χ2n) is 18.0. The molecule has 8 aromatic rings. The average Bonchev–Trinajstić information content (AvgIpc) is 3.92. The maximum absolute atomic E-state index is 13.7. The van der Waals surface area contributed by atoms with Crippen molar-refractivity contribution in [3.05, 3.63) is 151 Å². The molecule has 380 valence electrons. The van der Waals surface area contributed by atoms with E-state index in [1.165, 1.54) is 17.7 Å². The number of nitrogens with zero attached hydrogens (tertiary/aromatic N) is 7. The van der Waals surface area contributed by atoms with Crippen molar-refractivity contribution in [1.29, 1.82) is 0 Å². The van der Waals surface area contributed by atoms with Crippen LogP contribution in [0.4, 0.5) is 0 Å². The molecule has 2 fully saturated rings. The van der Waals surface area contributed by atoms with Crippen molar-refractivity contribution >= 4 is 33.7 Å². The SMILES string of the molecule is COc1cc2c(cc1-c1c(C)noc1C)cc(C(=O)N1CCC(O)CC1)c(=O)n2Cc1ccccn1.COc1cc2c(cc1-c1c(C)noc1C)cc(C(=O)O)c(=O)n2Cc1ccccn1.OC1CCNCC1. The third-order valence-electron chi connectivity index (χ3n) is 13.0. The first-order valence-electron chi connectivity index (χ1n) is 23.9.